The quantitative estimate of drug-likeness (QED) is 0.775. The zero-order chi connectivity index (χ0) is 14.1. The first-order valence-electron chi connectivity index (χ1n) is 6.62. The molecule has 20 heavy (non-hydrogen) atoms. The summed E-state index contributed by atoms with van der Waals surface area (Å²) in [5.74, 6) is 0.589. The maximum atomic E-state index is 5.95. The van der Waals surface area contributed by atoms with Crippen LogP contribution < -0.4 is 5.73 Å². The lowest BCUT2D eigenvalue weighted by Crippen LogP contribution is -2.03. The monoisotopic (exact) mass is 289 g/mol. The second-order valence-corrected chi connectivity index (χ2v) is 5.25. The number of aryl methyl sites for hydroxylation is 1. The number of benzene rings is 1. The van der Waals surface area contributed by atoms with Crippen LogP contribution in [0.15, 0.2) is 24.3 Å². The fourth-order valence-corrected chi connectivity index (χ4v) is 2.47. The lowest BCUT2D eigenvalue weighted by atomic mass is 10.2. The van der Waals surface area contributed by atoms with E-state index in [2.05, 4.69) is 22.2 Å². The predicted molar refractivity (Wildman–Crippen MR) is 80.8 cm³/mol. The van der Waals surface area contributed by atoms with Gasteiger partial charge >= 0.3 is 0 Å². The Labute approximate surface area is 121 Å². The van der Waals surface area contributed by atoms with Gasteiger partial charge in [0.15, 0.2) is 5.65 Å². The largest absolute Gasteiger partial charge is 0.383 e. The van der Waals surface area contributed by atoms with Crippen molar-refractivity contribution >= 4 is 28.5 Å². The summed E-state index contributed by atoms with van der Waals surface area (Å²) >= 11 is 5.90. The van der Waals surface area contributed by atoms with E-state index in [0.717, 1.165) is 40.2 Å². The molecular formula is C14H16ClN5. The highest BCUT2D eigenvalue weighted by molar-refractivity contribution is 6.30. The number of nitrogens with zero attached hydrogens (tertiary/aromatic N) is 3. The Kier molecular flexibility index (Phi) is 3.36. The van der Waals surface area contributed by atoms with Crippen LogP contribution in [-0.4, -0.2) is 20.0 Å². The van der Waals surface area contributed by atoms with E-state index in [9.17, 15) is 0 Å². The molecule has 1 aromatic carbocycles. The van der Waals surface area contributed by atoms with Crippen molar-refractivity contribution < 1.29 is 0 Å². The molecule has 0 spiro atoms. The van der Waals surface area contributed by atoms with E-state index in [1.165, 1.54) is 0 Å². The van der Waals surface area contributed by atoms with Crippen LogP contribution in [0.3, 0.4) is 0 Å². The predicted octanol–water partition coefficient (Wildman–Crippen LogP) is 3.00. The van der Waals surface area contributed by atoms with Gasteiger partial charge in [0, 0.05) is 5.02 Å². The Hall–Kier alpha value is -2.01. The molecule has 0 atom stereocenters. The van der Waals surface area contributed by atoms with Crippen molar-refractivity contribution in [2.45, 2.75) is 26.3 Å². The molecule has 0 saturated heterocycles. The molecule has 0 aliphatic rings. The number of nitrogens with two attached hydrogens (primary N) is 1. The Morgan fingerprint density at radius 2 is 2.05 bits per heavy atom. The van der Waals surface area contributed by atoms with Crippen LogP contribution in [0, 0.1) is 0 Å². The fraction of sp³-hybridized carbons (Fsp3) is 0.286. The van der Waals surface area contributed by atoms with Gasteiger partial charge < -0.3 is 5.73 Å². The van der Waals surface area contributed by atoms with E-state index in [-0.39, 0.29) is 0 Å². The number of aromatic nitrogens is 4. The standard InChI is InChI=1S/C14H16ClN5/c1-2-3-11-12-13(16)17-18-14(12)20(19-11)8-9-4-6-10(15)7-5-9/h4-7H,2-3,8H2,1H3,(H3,16,17,18). The van der Waals surface area contributed by atoms with Crippen LogP contribution in [-0.2, 0) is 13.0 Å². The van der Waals surface area contributed by atoms with Gasteiger partial charge in [0.25, 0.3) is 0 Å². The van der Waals surface area contributed by atoms with Crippen LogP contribution in [0.2, 0.25) is 5.02 Å². The van der Waals surface area contributed by atoms with E-state index >= 15 is 0 Å². The second kappa shape index (κ2) is 5.17. The van der Waals surface area contributed by atoms with Crippen molar-refractivity contribution in [3.63, 3.8) is 0 Å². The molecule has 0 aliphatic heterocycles. The average molecular weight is 290 g/mol. The second-order valence-electron chi connectivity index (χ2n) is 4.82. The SMILES string of the molecule is CCCc1nn(Cc2ccc(Cl)cc2)c2n[nH]c(N)c12. The summed E-state index contributed by atoms with van der Waals surface area (Å²) in [5, 5.41) is 13.4. The molecule has 0 saturated carbocycles. The Morgan fingerprint density at radius 1 is 1.30 bits per heavy atom. The van der Waals surface area contributed by atoms with Gasteiger partial charge in [-0.3, -0.25) is 5.10 Å². The molecular weight excluding hydrogens is 274 g/mol. The normalized spacial score (nSPS) is 11.3. The topological polar surface area (TPSA) is 72.5 Å². The highest BCUT2D eigenvalue weighted by Gasteiger charge is 2.15. The first kappa shape index (κ1) is 13.0. The average Bonchev–Trinajstić information content (AvgIpc) is 2.96. The zero-order valence-corrected chi connectivity index (χ0v) is 12.0. The Morgan fingerprint density at radius 3 is 2.75 bits per heavy atom. The number of nitrogen functional groups attached to an aromatic ring is 1. The molecule has 3 aromatic rings. The van der Waals surface area contributed by atoms with E-state index in [1.54, 1.807) is 0 Å². The number of anilines is 1. The third-order valence-electron chi connectivity index (χ3n) is 3.28. The zero-order valence-electron chi connectivity index (χ0n) is 11.2. The van der Waals surface area contributed by atoms with E-state index in [4.69, 9.17) is 17.3 Å². The number of fused-ring (bicyclic) bond motifs is 1. The van der Waals surface area contributed by atoms with Crippen molar-refractivity contribution in [1.29, 1.82) is 0 Å². The first-order chi connectivity index (χ1) is 9.69. The molecule has 2 heterocycles. The summed E-state index contributed by atoms with van der Waals surface area (Å²) in [6, 6.07) is 7.74. The maximum absolute atomic E-state index is 5.95. The molecule has 3 N–H and O–H groups in total. The maximum Gasteiger partial charge on any atom is 0.182 e. The minimum Gasteiger partial charge on any atom is -0.383 e. The molecule has 0 unspecified atom stereocenters. The summed E-state index contributed by atoms with van der Waals surface area (Å²) in [5.41, 5.74) is 8.88. The van der Waals surface area contributed by atoms with Crippen LogP contribution in [0.4, 0.5) is 5.82 Å². The number of hydrogen-bond donors (Lipinski definition) is 2. The minimum atomic E-state index is 0.589. The summed E-state index contributed by atoms with van der Waals surface area (Å²) in [7, 11) is 0. The van der Waals surface area contributed by atoms with Crippen molar-refractivity contribution in [3.05, 3.63) is 40.5 Å². The van der Waals surface area contributed by atoms with E-state index in [0.29, 0.717) is 12.4 Å². The van der Waals surface area contributed by atoms with Gasteiger partial charge in [0.05, 0.1) is 17.6 Å². The molecule has 5 nitrogen and oxygen atoms in total. The molecule has 6 heteroatoms. The number of rotatable bonds is 4. The Balaban J connectivity index is 2.01. The molecule has 0 aliphatic carbocycles. The van der Waals surface area contributed by atoms with Gasteiger partial charge in [-0.1, -0.05) is 37.1 Å². The fourth-order valence-electron chi connectivity index (χ4n) is 2.34. The highest BCUT2D eigenvalue weighted by Crippen LogP contribution is 2.24. The highest BCUT2D eigenvalue weighted by atomic mass is 35.5. The molecule has 0 bridgehead atoms. The van der Waals surface area contributed by atoms with Gasteiger partial charge in [0.1, 0.15) is 5.82 Å². The summed E-state index contributed by atoms with van der Waals surface area (Å²) in [6.07, 6.45) is 1.92. The molecule has 2 aromatic heterocycles. The first-order valence-corrected chi connectivity index (χ1v) is 7.00. The summed E-state index contributed by atoms with van der Waals surface area (Å²) in [4.78, 5) is 0. The summed E-state index contributed by atoms with van der Waals surface area (Å²) in [6.45, 7) is 2.78. The Bertz CT molecular complexity index is 726. The van der Waals surface area contributed by atoms with Crippen molar-refractivity contribution in [2.75, 3.05) is 5.73 Å². The van der Waals surface area contributed by atoms with Crippen molar-refractivity contribution in [2.24, 2.45) is 0 Å². The van der Waals surface area contributed by atoms with Gasteiger partial charge in [0.2, 0.25) is 0 Å². The third kappa shape index (κ3) is 2.25. The number of aromatic amines is 1. The van der Waals surface area contributed by atoms with Gasteiger partial charge in [-0.25, -0.2) is 4.68 Å². The molecule has 0 radical (unpaired) electrons. The van der Waals surface area contributed by atoms with Crippen molar-refractivity contribution in [1.82, 2.24) is 20.0 Å². The van der Waals surface area contributed by atoms with Crippen LogP contribution in [0.1, 0.15) is 24.6 Å². The molecule has 3 rings (SSSR count). The third-order valence-corrected chi connectivity index (χ3v) is 3.53. The van der Waals surface area contributed by atoms with E-state index in [1.807, 2.05) is 28.9 Å². The smallest absolute Gasteiger partial charge is 0.182 e. The van der Waals surface area contributed by atoms with Gasteiger partial charge in [-0.2, -0.15) is 10.2 Å². The summed E-state index contributed by atoms with van der Waals surface area (Å²) < 4.78 is 1.89. The van der Waals surface area contributed by atoms with Crippen LogP contribution >= 0.6 is 11.6 Å². The number of hydrogen-bond acceptors (Lipinski definition) is 3. The van der Waals surface area contributed by atoms with Crippen LogP contribution in [0.25, 0.3) is 11.0 Å². The minimum absolute atomic E-state index is 0.589. The lowest BCUT2D eigenvalue weighted by molar-refractivity contribution is 0.678. The van der Waals surface area contributed by atoms with Crippen molar-refractivity contribution in [3.8, 4) is 0 Å². The molecule has 104 valence electrons. The van der Waals surface area contributed by atoms with Gasteiger partial charge in [-0.05, 0) is 24.1 Å². The molecule has 0 amide bonds. The molecule has 0 fully saturated rings. The van der Waals surface area contributed by atoms with Gasteiger partial charge in [-0.15, -0.1) is 0 Å². The number of H-pyrrole nitrogens is 1. The number of nitrogens with one attached hydrogen (secondary N) is 1. The van der Waals surface area contributed by atoms with E-state index < -0.39 is 0 Å². The number of halogens is 1. The lowest BCUT2D eigenvalue weighted by Gasteiger charge is -2.02. The van der Waals surface area contributed by atoms with Crippen LogP contribution in [0.5, 0.6) is 0 Å².